The van der Waals surface area contributed by atoms with E-state index < -0.39 is 0 Å². The Morgan fingerprint density at radius 3 is 2.50 bits per heavy atom. The molecule has 2 heterocycles. The number of nitrogens with one attached hydrogen (secondary N) is 1. The predicted molar refractivity (Wildman–Crippen MR) is 109 cm³/mol. The third-order valence-electron chi connectivity index (χ3n) is 5.76. The first-order valence-electron chi connectivity index (χ1n) is 10.3. The summed E-state index contributed by atoms with van der Waals surface area (Å²) >= 11 is 0. The average molecular weight is 381 g/mol. The van der Waals surface area contributed by atoms with Gasteiger partial charge < -0.3 is 10.2 Å². The number of piperidine rings is 1. The number of carbonyl (C=O) groups is 1. The van der Waals surface area contributed by atoms with Gasteiger partial charge in [-0.2, -0.15) is 0 Å². The second-order valence-corrected chi connectivity index (χ2v) is 7.91. The lowest BCUT2D eigenvalue weighted by Crippen LogP contribution is -2.45. The summed E-state index contributed by atoms with van der Waals surface area (Å²) < 4.78 is 13.1. The van der Waals surface area contributed by atoms with Crippen molar-refractivity contribution in [2.24, 2.45) is 0 Å². The van der Waals surface area contributed by atoms with Crippen LogP contribution in [0.3, 0.4) is 0 Å². The maximum Gasteiger partial charge on any atom is 0.222 e. The molecule has 2 aromatic carbocycles. The van der Waals surface area contributed by atoms with Crippen LogP contribution in [0.2, 0.25) is 0 Å². The normalized spacial score (nSPS) is 19.5. The van der Waals surface area contributed by atoms with Crippen molar-refractivity contribution in [2.75, 3.05) is 25.0 Å². The number of amides is 1. The lowest BCUT2D eigenvalue weighted by molar-refractivity contribution is -0.132. The molecule has 1 N–H and O–H groups in total. The second kappa shape index (κ2) is 8.74. The van der Waals surface area contributed by atoms with Gasteiger partial charge in [0.05, 0.1) is 0 Å². The summed E-state index contributed by atoms with van der Waals surface area (Å²) in [6.45, 7) is 4.53. The van der Waals surface area contributed by atoms with Crippen LogP contribution in [-0.2, 0) is 17.9 Å². The molecule has 1 atom stereocenters. The number of likely N-dealkylation sites (tertiary alicyclic amines) is 1. The third-order valence-corrected chi connectivity index (χ3v) is 5.76. The maximum atomic E-state index is 13.1. The van der Waals surface area contributed by atoms with Crippen molar-refractivity contribution in [3.63, 3.8) is 0 Å². The van der Waals surface area contributed by atoms with Gasteiger partial charge in [-0.25, -0.2) is 4.39 Å². The number of anilines is 1. The van der Waals surface area contributed by atoms with Crippen LogP contribution in [-0.4, -0.2) is 41.4 Å². The number of benzene rings is 2. The van der Waals surface area contributed by atoms with Gasteiger partial charge in [0.2, 0.25) is 5.91 Å². The zero-order valence-electron chi connectivity index (χ0n) is 16.2. The second-order valence-electron chi connectivity index (χ2n) is 7.91. The van der Waals surface area contributed by atoms with E-state index in [2.05, 4.69) is 34.5 Å². The molecule has 0 saturated carbocycles. The fraction of sp³-hybridized carbons (Fsp3) is 0.435. The first-order valence-corrected chi connectivity index (χ1v) is 10.3. The van der Waals surface area contributed by atoms with Gasteiger partial charge in [-0.15, -0.1) is 0 Å². The molecule has 148 valence electrons. The predicted octanol–water partition coefficient (Wildman–Crippen LogP) is 4.02. The molecule has 5 heteroatoms. The van der Waals surface area contributed by atoms with Crippen molar-refractivity contribution in [1.29, 1.82) is 0 Å². The number of halogens is 1. The summed E-state index contributed by atoms with van der Waals surface area (Å²) in [5, 5.41) is 3.44. The Kier molecular flexibility index (Phi) is 5.91. The number of hydrogen-bond donors (Lipinski definition) is 1. The fourth-order valence-corrected chi connectivity index (χ4v) is 4.28. The molecule has 2 aliphatic rings. The van der Waals surface area contributed by atoms with Gasteiger partial charge in [0, 0.05) is 44.3 Å². The highest BCUT2D eigenvalue weighted by molar-refractivity contribution is 5.76. The fourth-order valence-electron chi connectivity index (χ4n) is 4.28. The highest BCUT2D eigenvalue weighted by atomic mass is 19.1. The minimum atomic E-state index is -0.230. The molecule has 4 nitrogen and oxygen atoms in total. The van der Waals surface area contributed by atoms with Crippen LogP contribution >= 0.6 is 0 Å². The van der Waals surface area contributed by atoms with Crippen molar-refractivity contribution < 1.29 is 9.18 Å². The summed E-state index contributed by atoms with van der Waals surface area (Å²) in [6, 6.07) is 15.3. The molecule has 0 spiro atoms. The highest BCUT2D eigenvalue weighted by Crippen LogP contribution is 2.23. The van der Waals surface area contributed by atoms with E-state index in [9.17, 15) is 9.18 Å². The summed E-state index contributed by atoms with van der Waals surface area (Å²) in [7, 11) is 0. The van der Waals surface area contributed by atoms with Crippen LogP contribution in [0, 0.1) is 5.82 Å². The lowest BCUT2D eigenvalue weighted by Gasteiger charge is -2.34. The molecule has 1 amide bonds. The highest BCUT2D eigenvalue weighted by Gasteiger charge is 2.24. The van der Waals surface area contributed by atoms with Gasteiger partial charge in [0.25, 0.3) is 0 Å². The monoisotopic (exact) mass is 381 g/mol. The molecular weight excluding hydrogens is 353 g/mol. The van der Waals surface area contributed by atoms with Gasteiger partial charge in [-0.1, -0.05) is 24.3 Å². The number of carbonyl (C=O) groups excluding carboxylic acids is 1. The van der Waals surface area contributed by atoms with Crippen LogP contribution in [0.25, 0.3) is 0 Å². The van der Waals surface area contributed by atoms with E-state index in [0.717, 1.165) is 57.7 Å². The molecule has 0 unspecified atom stereocenters. The first kappa shape index (κ1) is 18.9. The molecule has 2 aromatic rings. The van der Waals surface area contributed by atoms with Gasteiger partial charge in [-0.05, 0) is 61.2 Å². The molecule has 0 radical (unpaired) electrons. The van der Waals surface area contributed by atoms with Crippen LogP contribution in [0.5, 0.6) is 0 Å². The number of fused-ring (bicyclic) bond motifs is 1. The lowest BCUT2D eigenvalue weighted by atomic mass is 10.0. The molecule has 0 aromatic heterocycles. The van der Waals surface area contributed by atoms with Gasteiger partial charge in [0.1, 0.15) is 5.82 Å². The zero-order chi connectivity index (χ0) is 19.3. The van der Waals surface area contributed by atoms with Crippen LogP contribution in [0.4, 0.5) is 10.1 Å². The Hall–Kier alpha value is -2.40. The van der Waals surface area contributed by atoms with Crippen LogP contribution < -0.4 is 5.32 Å². The van der Waals surface area contributed by atoms with E-state index in [1.807, 2.05) is 4.90 Å². The Morgan fingerprint density at radius 1 is 1.07 bits per heavy atom. The summed E-state index contributed by atoms with van der Waals surface area (Å²) in [4.78, 5) is 17.1. The van der Waals surface area contributed by atoms with E-state index in [1.54, 1.807) is 12.1 Å². The third kappa shape index (κ3) is 4.71. The van der Waals surface area contributed by atoms with E-state index >= 15 is 0 Å². The van der Waals surface area contributed by atoms with Crippen LogP contribution in [0.1, 0.15) is 36.8 Å². The molecule has 1 fully saturated rings. The van der Waals surface area contributed by atoms with Gasteiger partial charge >= 0.3 is 0 Å². The van der Waals surface area contributed by atoms with Crippen molar-refractivity contribution in [1.82, 2.24) is 9.80 Å². The SMILES string of the molecule is O=C(CCCN1Cc2ccccc2C1)N1CCC[C@H](Nc2ccc(F)cc2)C1. The zero-order valence-corrected chi connectivity index (χ0v) is 16.2. The average Bonchev–Trinajstić information content (AvgIpc) is 3.13. The molecule has 28 heavy (non-hydrogen) atoms. The molecule has 4 rings (SSSR count). The Morgan fingerprint density at radius 2 is 1.79 bits per heavy atom. The summed E-state index contributed by atoms with van der Waals surface area (Å²) in [5.74, 6) is 0.0226. The van der Waals surface area contributed by atoms with Crippen molar-refractivity contribution in [3.05, 3.63) is 65.5 Å². The van der Waals surface area contributed by atoms with Gasteiger partial charge in [0.15, 0.2) is 0 Å². The van der Waals surface area contributed by atoms with Crippen LogP contribution in [0.15, 0.2) is 48.5 Å². The topological polar surface area (TPSA) is 35.6 Å². The Labute approximate surface area is 166 Å². The van der Waals surface area contributed by atoms with E-state index in [1.165, 1.54) is 23.3 Å². The van der Waals surface area contributed by atoms with Gasteiger partial charge in [-0.3, -0.25) is 9.69 Å². The summed E-state index contributed by atoms with van der Waals surface area (Å²) in [5.41, 5.74) is 3.74. The number of hydrogen-bond acceptors (Lipinski definition) is 3. The van der Waals surface area contributed by atoms with E-state index in [4.69, 9.17) is 0 Å². The van der Waals surface area contributed by atoms with Crippen molar-refractivity contribution >= 4 is 11.6 Å². The van der Waals surface area contributed by atoms with E-state index in [-0.39, 0.29) is 17.8 Å². The maximum absolute atomic E-state index is 13.1. The number of rotatable bonds is 6. The molecular formula is C23H28FN3O. The first-order chi connectivity index (χ1) is 13.7. The van der Waals surface area contributed by atoms with Crippen molar-refractivity contribution in [3.8, 4) is 0 Å². The minimum Gasteiger partial charge on any atom is -0.381 e. The largest absolute Gasteiger partial charge is 0.381 e. The molecule has 1 saturated heterocycles. The quantitative estimate of drug-likeness (QED) is 0.821. The minimum absolute atomic E-state index is 0.230. The van der Waals surface area contributed by atoms with E-state index in [0.29, 0.717) is 6.42 Å². The standard InChI is InChI=1S/C23H28FN3O/c24-20-9-11-21(12-10-20)25-22-7-3-14-27(17-22)23(28)8-4-13-26-15-18-5-1-2-6-19(18)16-26/h1-2,5-6,9-12,22,25H,3-4,7-8,13-17H2/t22-/m0/s1. The molecule has 0 aliphatic carbocycles. The number of nitrogens with zero attached hydrogens (tertiary/aromatic N) is 2. The Balaban J connectivity index is 1.21. The smallest absolute Gasteiger partial charge is 0.222 e. The Bertz CT molecular complexity index is 783. The molecule has 0 bridgehead atoms. The molecule has 2 aliphatic heterocycles. The summed E-state index contributed by atoms with van der Waals surface area (Å²) in [6.07, 6.45) is 3.55. The van der Waals surface area contributed by atoms with Crippen molar-refractivity contribution in [2.45, 2.75) is 44.8 Å².